The molecule has 0 atom stereocenters. The lowest BCUT2D eigenvalue weighted by molar-refractivity contribution is 1.01. The Morgan fingerprint density at radius 3 is 1.39 bits per heavy atom. The van der Waals surface area contributed by atoms with E-state index in [-0.39, 0.29) is 0 Å². The van der Waals surface area contributed by atoms with Crippen LogP contribution < -0.4 is 0 Å². The first-order valence-corrected chi connectivity index (χ1v) is 8.50. The Kier molecular flexibility index (Phi) is 4.60. The summed E-state index contributed by atoms with van der Waals surface area (Å²) in [5.41, 5.74) is 17.4. The van der Waals surface area contributed by atoms with Gasteiger partial charge in [0.1, 0.15) is 5.57 Å². The lowest BCUT2D eigenvalue weighted by Gasteiger charge is -2.36. The van der Waals surface area contributed by atoms with Crippen molar-refractivity contribution in [2.24, 2.45) is 0 Å². The summed E-state index contributed by atoms with van der Waals surface area (Å²) in [5, 5.41) is 0. The lowest BCUT2D eigenvalue weighted by Crippen LogP contribution is -2.11. The van der Waals surface area contributed by atoms with Gasteiger partial charge in [-0.15, -0.1) is 16.9 Å². The molecule has 0 aromatic heterocycles. The van der Waals surface area contributed by atoms with Crippen molar-refractivity contribution in [2.45, 2.75) is 69.2 Å². The Labute approximate surface area is 143 Å². The molecule has 0 unspecified atom stereocenters. The third-order valence-corrected chi connectivity index (χ3v) is 6.25. The third-order valence-electron chi connectivity index (χ3n) is 6.25. The average molecular weight is 306 g/mol. The summed E-state index contributed by atoms with van der Waals surface area (Å²) in [6, 6.07) is 0. The van der Waals surface area contributed by atoms with Crippen molar-refractivity contribution in [1.29, 1.82) is 0 Å². The summed E-state index contributed by atoms with van der Waals surface area (Å²) in [6.45, 7) is 22.3. The highest BCUT2D eigenvalue weighted by Crippen LogP contribution is 2.41. The van der Waals surface area contributed by atoms with Gasteiger partial charge < -0.3 is 0 Å². The topological polar surface area (TPSA) is 0 Å². The van der Waals surface area contributed by atoms with Crippen LogP contribution in [0.2, 0.25) is 0 Å². The van der Waals surface area contributed by atoms with Crippen LogP contribution in [0.3, 0.4) is 0 Å². The van der Waals surface area contributed by atoms with Gasteiger partial charge in [-0.25, -0.2) is 0 Å². The molecule has 0 aromatic rings. The minimum absolute atomic E-state index is 1.28. The quantitative estimate of drug-likeness (QED) is 0.334. The summed E-state index contributed by atoms with van der Waals surface area (Å²) in [4.78, 5) is 0. The van der Waals surface area contributed by atoms with E-state index in [1.54, 1.807) is 0 Å². The van der Waals surface area contributed by atoms with Crippen LogP contribution in [0.25, 0.3) is 0 Å². The molecular weight excluding hydrogens is 276 g/mol. The first kappa shape index (κ1) is 17.6. The van der Waals surface area contributed by atoms with Gasteiger partial charge in [-0.2, -0.15) is 17.1 Å². The molecule has 0 saturated carbocycles. The van der Waals surface area contributed by atoms with Crippen molar-refractivity contribution >= 4 is 0 Å². The summed E-state index contributed by atoms with van der Waals surface area (Å²) in [6.07, 6.45) is 0. The Balaban J connectivity index is 2.84. The van der Waals surface area contributed by atoms with Crippen molar-refractivity contribution in [3.8, 4) is 0 Å². The minimum Gasteiger partial charge on any atom is -0.153 e. The predicted octanol–water partition coefficient (Wildman–Crippen LogP) is 7.00. The van der Waals surface area contributed by atoms with E-state index in [2.05, 4.69) is 75.0 Å². The zero-order chi connectivity index (χ0) is 17.6. The highest BCUT2D eigenvalue weighted by molar-refractivity contribution is 5.65. The van der Waals surface area contributed by atoms with Gasteiger partial charge in [-0.3, -0.25) is 0 Å². The molecule has 0 radical (unpaired) electrons. The lowest BCUT2D eigenvalue weighted by atomic mass is 9.76. The molecule has 0 N–H and O–H groups in total. The average Bonchev–Trinajstić information content (AvgIpc) is 2.54. The molecule has 122 valence electrons. The van der Waals surface area contributed by atoms with Crippen LogP contribution in [0.15, 0.2) is 61.5 Å². The molecular formula is C23H30. The number of hydrogen-bond donors (Lipinski definition) is 0. The van der Waals surface area contributed by atoms with Crippen LogP contribution in [0.1, 0.15) is 69.2 Å². The monoisotopic (exact) mass is 306 g/mol. The van der Waals surface area contributed by atoms with Crippen molar-refractivity contribution < 1.29 is 0 Å². The van der Waals surface area contributed by atoms with E-state index in [0.717, 1.165) is 0 Å². The standard InChI is InChI=1S/C23H30/c1-12-14(3)18(7)22(19(8)15(12)4)11-23-20(9)16(5)13(2)17(6)21(23)10/h1-10H3. The van der Waals surface area contributed by atoms with Crippen LogP contribution in [0, 0.1) is 11.8 Å². The van der Waals surface area contributed by atoms with Crippen LogP contribution in [-0.2, 0) is 0 Å². The van der Waals surface area contributed by atoms with E-state index >= 15 is 0 Å². The second kappa shape index (κ2) is 6.02. The van der Waals surface area contributed by atoms with Crippen molar-refractivity contribution in [2.75, 3.05) is 0 Å². The normalized spacial score (nSPS) is 20.3. The van der Waals surface area contributed by atoms with E-state index in [4.69, 9.17) is 0 Å². The maximum absolute atomic E-state index is 3.79. The van der Waals surface area contributed by atoms with Gasteiger partial charge in [0, 0.05) is 20.8 Å². The SMILES string of the molecule is CC1=C(C)[C+](C)C(C)=C(C)C1=C=C1C(C)=C(C)[C-](C)C(C)=C1C. The van der Waals surface area contributed by atoms with E-state index in [9.17, 15) is 0 Å². The molecule has 2 rings (SSSR count). The zero-order valence-electron chi connectivity index (χ0n) is 16.5. The summed E-state index contributed by atoms with van der Waals surface area (Å²) in [7, 11) is 0. The first-order chi connectivity index (χ1) is 10.6. The van der Waals surface area contributed by atoms with E-state index in [0.29, 0.717) is 0 Å². The molecule has 0 aliphatic heterocycles. The Morgan fingerprint density at radius 1 is 0.652 bits per heavy atom. The molecule has 0 spiro atoms. The van der Waals surface area contributed by atoms with Crippen LogP contribution in [0.4, 0.5) is 0 Å². The predicted molar refractivity (Wildman–Crippen MR) is 102 cm³/mol. The summed E-state index contributed by atoms with van der Waals surface area (Å²) < 4.78 is 0. The highest BCUT2D eigenvalue weighted by Gasteiger charge is 2.30. The first-order valence-electron chi connectivity index (χ1n) is 8.50. The summed E-state index contributed by atoms with van der Waals surface area (Å²) in [5.74, 6) is 2.82. The highest BCUT2D eigenvalue weighted by atomic mass is 14.3. The third kappa shape index (κ3) is 2.66. The van der Waals surface area contributed by atoms with Gasteiger partial charge in [0.05, 0.1) is 28.2 Å². The molecule has 2 aliphatic carbocycles. The van der Waals surface area contributed by atoms with E-state index < -0.39 is 0 Å². The Bertz CT molecular complexity index is 632. The largest absolute Gasteiger partial charge is 0.153 e. The molecule has 0 amide bonds. The Morgan fingerprint density at radius 2 is 1.00 bits per heavy atom. The van der Waals surface area contributed by atoms with Gasteiger partial charge in [-0.05, 0) is 13.8 Å². The second-order valence-electron chi connectivity index (χ2n) is 7.12. The molecule has 0 heteroatoms. The second-order valence-corrected chi connectivity index (χ2v) is 7.12. The number of hydrogen-bond acceptors (Lipinski definition) is 0. The van der Waals surface area contributed by atoms with Crippen LogP contribution >= 0.6 is 0 Å². The van der Waals surface area contributed by atoms with Crippen LogP contribution in [-0.4, -0.2) is 0 Å². The Hall–Kier alpha value is -1.78. The fourth-order valence-electron chi connectivity index (χ4n) is 3.50. The smallest absolute Gasteiger partial charge is 0.130 e. The van der Waals surface area contributed by atoms with Gasteiger partial charge in [0.25, 0.3) is 0 Å². The van der Waals surface area contributed by atoms with E-state index in [1.165, 1.54) is 67.6 Å². The molecule has 0 aromatic carbocycles. The fourth-order valence-corrected chi connectivity index (χ4v) is 3.50. The molecule has 0 saturated heterocycles. The molecule has 0 nitrogen and oxygen atoms in total. The van der Waals surface area contributed by atoms with Crippen molar-refractivity contribution in [1.82, 2.24) is 0 Å². The van der Waals surface area contributed by atoms with Crippen molar-refractivity contribution in [3.05, 3.63) is 73.3 Å². The molecule has 0 heterocycles. The van der Waals surface area contributed by atoms with Gasteiger partial charge in [0.2, 0.25) is 0 Å². The van der Waals surface area contributed by atoms with Crippen molar-refractivity contribution in [3.63, 3.8) is 0 Å². The summed E-state index contributed by atoms with van der Waals surface area (Å²) >= 11 is 0. The molecule has 23 heavy (non-hydrogen) atoms. The zero-order valence-corrected chi connectivity index (χ0v) is 16.5. The number of allylic oxidation sites excluding steroid dienone is 9. The molecule has 2 aliphatic rings. The minimum atomic E-state index is 1.28. The maximum atomic E-state index is 3.79. The van der Waals surface area contributed by atoms with Gasteiger partial charge in [0.15, 0.2) is 0 Å². The molecule has 0 fully saturated rings. The molecule has 0 bridgehead atoms. The maximum Gasteiger partial charge on any atom is 0.130 e. The van der Waals surface area contributed by atoms with Crippen LogP contribution in [0.5, 0.6) is 0 Å². The van der Waals surface area contributed by atoms with Gasteiger partial charge in [-0.1, -0.05) is 40.2 Å². The fraction of sp³-hybridized carbons (Fsp3) is 0.435. The number of rotatable bonds is 0. The van der Waals surface area contributed by atoms with Gasteiger partial charge >= 0.3 is 0 Å². The van der Waals surface area contributed by atoms with E-state index in [1.807, 2.05) is 0 Å².